The Kier molecular flexibility index (Phi) is 2.74. The molecule has 80 valence electrons. The number of nitrogens with one attached hydrogen (secondary N) is 2. The van der Waals surface area contributed by atoms with E-state index >= 15 is 0 Å². The number of rotatable bonds is 3. The highest BCUT2D eigenvalue weighted by atomic mass is 16.3. The van der Waals surface area contributed by atoms with Gasteiger partial charge in [0.2, 0.25) is 5.91 Å². The van der Waals surface area contributed by atoms with Crippen molar-refractivity contribution in [2.75, 3.05) is 13.1 Å². The third-order valence-corrected chi connectivity index (χ3v) is 3.24. The van der Waals surface area contributed by atoms with Gasteiger partial charge in [0.1, 0.15) is 0 Å². The molecular weight excluding hydrogens is 180 g/mol. The highest BCUT2D eigenvalue weighted by Gasteiger charge is 2.34. The molecule has 2 unspecified atom stereocenters. The summed E-state index contributed by atoms with van der Waals surface area (Å²) < 4.78 is 0. The van der Waals surface area contributed by atoms with E-state index in [0.29, 0.717) is 18.9 Å². The lowest BCUT2D eigenvalue weighted by molar-refractivity contribution is -0.123. The SMILES string of the molecule is CC1CC1CNC(=O)[C@H]1C[C@@H](O)CN1. The maximum Gasteiger partial charge on any atom is 0.237 e. The Bertz CT molecular complexity index is 232. The van der Waals surface area contributed by atoms with Crippen LogP contribution in [0.3, 0.4) is 0 Å². The first-order valence-electron chi connectivity index (χ1n) is 5.36. The zero-order valence-electron chi connectivity index (χ0n) is 8.49. The first kappa shape index (κ1) is 9.93. The van der Waals surface area contributed by atoms with E-state index in [4.69, 9.17) is 0 Å². The summed E-state index contributed by atoms with van der Waals surface area (Å²) in [5.41, 5.74) is 0. The van der Waals surface area contributed by atoms with Gasteiger partial charge in [-0.05, 0) is 24.7 Å². The zero-order valence-corrected chi connectivity index (χ0v) is 8.49. The Hall–Kier alpha value is -0.610. The fourth-order valence-electron chi connectivity index (χ4n) is 1.96. The van der Waals surface area contributed by atoms with Crippen LogP contribution < -0.4 is 10.6 Å². The van der Waals surface area contributed by atoms with Crippen molar-refractivity contribution in [2.24, 2.45) is 11.8 Å². The molecule has 1 aliphatic carbocycles. The van der Waals surface area contributed by atoms with E-state index in [0.717, 1.165) is 12.5 Å². The average Bonchev–Trinajstić information content (AvgIpc) is 2.66. The molecule has 3 N–H and O–H groups in total. The van der Waals surface area contributed by atoms with Crippen LogP contribution in [0.5, 0.6) is 0 Å². The van der Waals surface area contributed by atoms with E-state index in [-0.39, 0.29) is 18.1 Å². The fourth-order valence-corrected chi connectivity index (χ4v) is 1.96. The molecular formula is C10H18N2O2. The first-order valence-corrected chi connectivity index (χ1v) is 5.36. The highest BCUT2D eigenvalue weighted by Crippen LogP contribution is 2.36. The number of hydrogen-bond donors (Lipinski definition) is 3. The molecule has 4 nitrogen and oxygen atoms in total. The number of carbonyl (C=O) groups is 1. The standard InChI is InChI=1S/C10H18N2O2/c1-6-2-7(6)4-12-10(14)9-3-8(13)5-11-9/h6-9,11,13H,2-5H2,1H3,(H,12,14)/t6?,7?,8-,9-/m1/s1. The van der Waals surface area contributed by atoms with Gasteiger partial charge in [-0.3, -0.25) is 4.79 Å². The topological polar surface area (TPSA) is 61.4 Å². The van der Waals surface area contributed by atoms with Crippen LogP contribution >= 0.6 is 0 Å². The minimum absolute atomic E-state index is 0.0423. The minimum atomic E-state index is -0.356. The van der Waals surface area contributed by atoms with E-state index in [1.807, 2.05) is 0 Å². The van der Waals surface area contributed by atoms with Crippen LogP contribution in [0.2, 0.25) is 0 Å². The monoisotopic (exact) mass is 198 g/mol. The number of aliphatic hydroxyl groups excluding tert-OH is 1. The summed E-state index contributed by atoms with van der Waals surface area (Å²) in [7, 11) is 0. The van der Waals surface area contributed by atoms with Crippen molar-refractivity contribution in [3.63, 3.8) is 0 Å². The summed E-state index contributed by atoms with van der Waals surface area (Å²) in [5, 5.41) is 15.2. The van der Waals surface area contributed by atoms with Crippen LogP contribution in [-0.4, -0.2) is 36.2 Å². The summed E-state index contributed by atoms with van der Waals surface area (Å²) in [6, 6.07) is -0.181. The average molecular weight is 198 g/mol. The largest absolute Gasteiger partial charge is 0.392 e. The third kappa shape index (κ3) is 2.25. The van der Waals surface area contributed by atoms with Crippen molar-refractivity contribution in [3.8, 4) is 0 Å². The second-order valence-electron chi connectivity index (χ2n) is 4.57. The summed E-state index contributed by atoms with van der Waals surface area (Å²) in [4.78, 5) is 11.5. The molecule has 1 amide bonds. The predicted molar refractivity (Wildman–Crippen MR) is 52.7 cm³/mol. The summed E-state index contributed by atoms with van der Waals surface area (Å²) in [6.45, 7) is 3.54. The van der Waals surface area contributed by atoms with Crippen LogP contribution in [-0.2, 0) is 4.79 Å². The Morgan fingerprint density at radius 2 is 2.29 bits per heavy atom. The number of amides is 1. The Morgan fingerprint density at radius 1 is 1.57 bits per heavy atom. The van der Waals surface area contributed by atoms with Gasteiger partial charge < -0.3 is 15.7 Å². The summed E-state index contributed by atoms with van der Waals surface area (Å²) in [6.07, 6.45) is 1.43. The van der Waals surface area contributed by atoms with Crippen LogP contribution in [0, 0.1) is 11.8 Å². The van der Waals surface area contributed by atoms with Crippen molar-refractivity contribution in [1.29, 1.82) is 0 Å². The molecule has 0 spiro atoms. The van der Waals surface area contributed by atoms with E-state index in [1.165, 1.54) is 6.42 Å². The lowest BCUT2D eigenvalue weighted by atomic mass is 10.2. The predicted octanol–water partition coefficient (Wildman–Crippen LogP) is -0.519. The molecule has 2 fully saturated rings. The maximum absolute atomic E-state index is 11.5. The lowest BCUT2D eigenvalue weighted by Crippen LogP contribution is -2.41. The number of aliphatic hydroxyl groups is 1. The quantitative estimate of drug-likeness (QED) is 0.572. The minimum Gasteiger partial charge on any atom is -0.392 e. The molecule has 14 heavy (non-hydrogen) atoms. The van der Waals surface area contributed by atoms with Gasteiger partial charge >= 0.3 is 0 Å². The second-order valence-corrected chi connectivity index (χ2v) is 4.57. The molecule has 1 aliphatic heterocycles. The molecule has 1 heterocycles. The number of carbonyl (C=O) groups excluding carboxylic acids is 1. The molecule has 0 aromatic heterocycles. The Labute approximate surface area is 84.1 Å². The van der Waals surface area contributed by atoms with Crippen LogP contribution in [0.1, 0.15) is 19.8 Å². The van der Waals surface area contributed by atoms with Crippen molar-refractivity contribution < 1.29 is 9.90 Å². The van der Waals surface area contributed by atoms with E-state index < -0.39 is 0 Å². The van der Waals surface area contributed by atoms with Crippen molar-refractivity contribution in [1.82, 2.24) is 10.6 Å². The van der Waals surface area contributed by atoms with Crippen molar-refractivity contribution >= 4 is 5.91 Å². The molecule has 4 heteroatoms. The van der Waals surface area contributed by atoms with Crippen LogP contribution in [0.25, 0.3) is 0 Å². The van der Waals surface area contributed by atoms with Crippen LogP contribution in [0.15, 0.2) is 0 Å². The summed E-state index contributed by atoms with van der Waals surface area (Å²) in [5.74, 6) is 1.50. The molecule has 1 saturated heterocycles. The van der Waals surface area contributed by atoms with Gasteiger partial charge in [-0.1, -0.05) is 6.92 Å². The maximum atomic E-state index is 11.5. The summed E-state index contributed by atoms with van der Waals surface area (Å²) >= 11 is 0. The zero-order chi connectivity index (χ0) is 10.1. The number of β-amino-alcohol motifs (C(OH)–C–C–N with tert-alkyl or cyclic N) is 1. The third-order valence-electron chi connectivity index (χ3n) is 3.24. The first-order chi connectivity index (χ1) is 6.66. The van der Waals surface area contributed by atoms with Gasteiger partial charge in [-0.15, -0.1) is 0 Å². The molecule has 0 radical (unpaired) electrons. The van der Waals surface area contributed by atoms with E-state index in [2.05, 4.69) is 17.6 Å². The smallest absolute Gasteiger partial charge is 0.237 e. The molecule has 0 bridgehead atoms. The molecule has 1 saturated carbocycles. The fraction of sp³-hybridized carbons (Fsp3) is 0.900. The normalized spacial score (nSPS) is 41.0. The van der Waals surface area contributed by atoms with E-state index in [9.17, 15) is 9.90 Å². The molecule has 2 aliphatic rings. The van der Waals surface area contributed by atoms with E-state index in [1.54, 1.807) is 0 Å². The molecule has 0 aromatic rings. The molecule has 2 rings (SSSR count). The van der Waals surface area contributed by atoms with Gasteiger partial charge in [0.25, 0.3) is 0 Å². The van der Waals surface area contributed by atoms with Gasteiger partial charge in [0.15, 0.2) is 0 Å². The Morgan fingerprint density at radius 3 is 2.79 bits per heavy atom. The Balaban J connectivity index is 1.68. The molecule has 0 aromatic carbocycles. The van der Waals surface area contributed by atoms with Gasteiger partial charge in [-0.25, -0.2) is 0 Å². The highest BCUT2D eigenvalue weighted by molar-refractivity contribution is 5.82. The van der Waals surface area contributed by atoms with Crippen molar-refractivity contribution in [2.45, 2.75) is 31.9 Å². The van der Waals surface area contributed by atoms with Gasteiger partial charge in [0.05, 0.1) is 12.1 Å². The lowest BCUT2D eigenvalue weighted by Gasteiger charge is -2.10. The van der Waals surface area contributed by atoms with Crippen LogP contribution in [0.4, 0.5) is 0 Å². The van der Waals surface area contributed by atoms with Gasteiger partial charge in [-0.2, -0.15) is 0 Å². The molecule has 4 atom stereocenters. The van der Waals surface area contributed by atoms with Gasteiger partial charge in [0, 0.05) is 13.1 Å². The second kappa shape index (κ2) is 3.87. The van der Waals surface area contributed by atoms with Crippen molar-refractivity contribution in [3.05, 3.63) is 0 Å². The number of hydrogen-bond acceptors (Lipinski definition) is 3.